The molecule has 220 valence electrons. The number of hydrogen-bond donors (Lipinski definition) is 1. The van der Waals surface area contributed by atoms with Crippen molar-refractivity contribution in [3.8, 4) is 11.5 Å². The van der Waals surface area contributed by atoms with Gasteiger partial charge in [0, 0.05) is 69.1 Å². The Bertz CT molecular complexity index is 1060. The molecular formula is C31H45N3O6. The van der Waals surface area contributed by atoms with Gasteiger partial charge >= 0.3 is 0 Å². The number of hydrogen-bond acceptors (Lipinski definition) is 6. The molecule has 1 aliphatic carbocycles. The van der Waals surface area contributed by atoms with Gasteiger partial charge in [-0.25, -0.2) is 0 Å². The van der Waals surface area contributed by atoms with Crippen LogP contribution in [0.15, 0.2) is 18.2 Å². The molecule has 4 heterocycles. The molecule has 4 aliphatic heterocycles. The summed E-state index contributed by atoms with van der Waals surface area (Å²) in [5.41, 5.74) is 0.587. The minimum Gasteiger partial charge on any atom is -0.490 e. The van der Waals surface area contributed by atoms with Crippen molar-refractivity contribution in [1.29, 1.82) is 0 Å². The van der Waals surface area contributed by atoms with E-state index in [1.165, 1.54) is 19.3 Å². The Kier molecular flexibility index (Phi) is 9.50. The van der Waals surface area contributed by atoms with Gasteiger partial charge in [-0.3, -0.25) is 14.4 Å². The second-order valence-corrected chi connectivity index (χ2v) is 12.0. The normalized spacial score (nSPS) is 26.0. The lowest BCUT2D eigenvalue weighted by Gasteiger charge is -2.40. The third-order valence-electron chi connectivity index (χ3n) is 9.16. The lowest BCUT2D eigenvalue weighted by atomic mass is 9.73. The largest absolute Gasteiger partial charge is 0.490 e. The molecule has 0 radical (unpaired) electrons. The van der Waals surface area contributed by atoms with Crippen LogP contribution in [0.1, 0.15) is 76.2 Å². The smallest absolute Gasteiger partial charge is 0.248 e. The lowest BCUT2D eigenvalue weighted by Crippen LogP contribution is -2.48. The molecular weight excluding hydrogens is 510 g/mol. The first kappa shape index (κ1) is 28.7. The van der Waals surface area contributed by atoms with Crippen LogP contribution in [0.5, 0.6) is 11.5 Å². The summed E-state index contributed by atoms with van der Waals surface area (Å²) in [5.74, 6) is 2.06. The molecule has 1 aromatic rings. The van der Waals surface area contributed by atoms with Crippen LogP contribution in [0.3, 0.4) is 0 Å². The highest BCUT2D eigenvalue weighted by molar-refractivity contribution is 5.79. The number of ether oxygens (including phenoxy) is 3. The number of carbonyl (C=O) groups excluding carboxylic acids is 3. The SMILES string of the molecule is CCOCC(=O)N1C[C@H]2c3cccc4c3OC[C@@]2(CNC(=O)CCCN(C(=O)CC2CCCCC2)CCCO4)C1. The summed E-state index contributed by atoms with van der Waals surface area (Å²) in [6.07, 6.45) is 8.29. The first-order chi connectivity index (χ1) is 19.5. The summed E-state index contributed by atoms with van der Waals surface area (Å²) < 4.78 is 18.0. The fraction of sp³-hybridized carbons (Fsp3) is 0.710. The van der Waals surface area contributed by atoms with E-state index in [0.717, 1.165) is 24.2 Å². The molecule has 2 atom stereocenters. The molecule has 5 aliphatic rings. The van der Waals surface area contributed by atoms with Gasteiger partial charge in [-0.1, -0.05) is 31.4 Å². The maximum absolute atomic E-state index is 13.2. The third kappa shape index (κ3) is 6.56. The Labute approximate surface area is 237 Å². The van der Waals surface area contributed by atoms with Gasteiger partial charge < -0.3 is 29.3 Å². The highest BCUT2D eigenvalue weighted by Gasteiger charge is 2.53. The van der Waals surface area contributed by atoms with Crippen molar-refractivity contribution in [2.75, 3.05) is 59.2 Å². The molecule has 9 heteroatoms. The second kappa shape index (κ2) is 13.2. The summed E-state index contributed by atoms with van der Waals surface area (Å²) in [7, 11) is 0. The van der Waals surface area contributed by atoms with E-state index >= 15 is 0 Å². The van der Waals surface area contributed by atoms with Gasteiger partial charge in [0.05, 0.1) is 13.2 Å². The van der Waals surface area contributed by atoms with Gasteiger partial charge in [0.1, 0.15) is 6.61 Å². The van der Waals surface area contributed by atoms with Gasteiger partial charge in [-0.2, -0.15) is 0 Å². The topological polar surface area (TPSA) is 97.4 Å². The monoisotopic (exact) mass is 555 g/mol. The maximum atomic E-state index is 13.2. The van der Waals surface area contributed by atoms with E-state index in [4.69, 9.17) is 14.2 Å². The third-order valence-corrected chi connectivity index (χ3v) is 9.16. The standard InChI is InChI=1S/C31H45N3O6/c1-2-38-19-29(37)34-18-25-24-11-6-12-26-30(24)40-22-31(25,21-34)20-32-27(35)13-7-14-33(15-8-16-39-26)28(36)17-23-9-4-3-5-10-23/h6,11-12,23,25H,2-5,7-10,13-22H2,1H3,(H,32,35)/t25-,31+/m0/s1. The van der Waals surface area contributed by atoms with Crippen LogP contribution in [0.2, 0.25) is 0 Å². The molecule has 4 bridgehead atoms. The first-order valence-electron chi connectivity index (χ1n) is 15.3. The molecule has 1 spiro atoms. The van der Waals surface area contributed by atoms with E-state index < -0.39 is 5.41 Å². The summed E-state index contributed by atoms with van der Waals surface area (Å²) in [6.45, 7) is 5.96. The zero-order valence-electron chi connectivity index (χ0n) is 24.0. The van der Waals surface area contributed by atoms with Crippen molar-refractivity contribution in [1.82, 2.24) is 15.1 Å². The van der Waals surface area contributed by atoms with Crippen molar-refractivity contribution in [3.05, 3.63) is 23.8 Å². The predicted molar refractivity (Wildman–Crippen MR) is 150 cm³/mol. The number of fused-ring (bicyclic) bond motifs is 11. The van der Waals surface area contributed by atoms with E-state index in [0.29, 0.717) is 89.9 Å². The van der Waals surface area contributed by atoms with Gasteiger partial charge in [0.25, 0.3) is 0 Å². The minimum atomic E-state index is -0.428. The van der Waals surface area contributed by atoms with Gasteiger partial charge in [0.2, 0.25) is 17.7 Å². The molecule has 1 N–H and O–H groups in total. The maximum Gasteiger partial charge on any atom is 0.248 e. The number of rotatable bonds is 5. The average molecular weight is 556 g/mol. The number of para-hydroxylation sites is 1. The Morgan fingerprint density at radius 1 is 1.05 bits per heavy atom. The van der Waals surface area contributed by atoms with Crippen molar-refractivity contribution < 1.29 is 28.6 Å². The van der Waals surface area contributed by atoms with E-state index in [1.807, 2.05) is 34.9 Å². The van der Waals surface area contributed by atoms with Crippen LogP contribution in [0.25, 0.3) is 0 Å². The molecule has 2 fully saturated rings. The zero-order chi connectivity index (χ0) is 28.0. The Hall–Kier alpha value is -2.81. The first-order valence-corrected chi connectivity index (χ1v) is 15.3. The molecule has 3 amide bonds. The molecule has 1 aromatic carbocycles. The molecule has 6 rings (SSSR count). The van der Waals surface area contributed by atoms with Crippen LogP contribution in [-0.4, -0.2) is 86.7 Å². The van der Waals surface area contributed by atoms with Crippen molar-refractivity contribution >= 4 is 17.7 Å². The van der Waals surface area contributed by atoms with E-state index in [1.54, 1.807) is 0 Å². The summed E-state index contributed by atoms with van der Waals surface area (Å²) in [6, 6.07) is 5.95. The fourth-order valence-corrected chi connectivity index (χ4v) is 6.89. The zero-order valence-corrected chi connectivity index (χ0v) is 24.0. The highest BCUT2D eigenvalue weighted by atomic mass is 16.5. The lowest BCUT2D eigenvalue weighted by molar-refractivity contribution is -0.135. The summed E-state index contributed by atoms with van der Waals surface area (Å²) >= 11 is 0. The molecule has 1 saturated carbocycles. The van der Waals surface area contributed by atoms with E-state index in [9.17, 15) is 14.4 Å². The summed E-state index contributed by atoms with van der Waals surface area (Å²) in [5, 5.41) is 3.15. The van der Waals surface area contributed by atoms with Gasteiger partial charge in [0.15, 0.2) is 11.5 Å². The number of amides is 3. The average Bonchev–Trinajstić information content (AvgIpc) is 3.37. The number of likely N-dealkylation sites (tertiary alicyclic amines) is 1. The molecule has 9 nitrogen and oxygen atoms in total. The number of carbonyl (C=O) groups is 3. The molecule has 40 heavy (non-hydrogen) atoms. The van der Waals surface area contributed by atoms with Crippen LogP contribution >= 0.6 is 0 Å². The van der Waals surface area contributed by atoms with Gasteiger partial charge in [-0.15, -0.1) is 0 Å². The summed E-state index contributed by atoms with van der Waals surface area (Å²) in [4.78, 5) is 42.9. The molecule has 0 aromatic heterocycles. The van der Waals surface area contributed by atoms with Crippen LogP contribution in [-0.2, 0) is 19.1 Å². The van der Waals surface area contributed by atoms with Gasteiger partial charge in [-0.05, 0) is 44.6 Å². The number of nitrogens with zero attached hydrogens (tertiary/aromatic N) is 2. The second-order valence-electron chi connectivity index (χ2n) is 12.0. The van der Waals surface area contributed by atoms with Crippen molar-refractivity contribution in [3.63, 3.8) is 0 Å². The van der Waals surface area contributed by atoms with Crippen molar-refractivity contribution in [2.24, 2.45) is 11.3 Å². The number of nitrogens with one attached hydrogen (secondary N) is 1. The predicted octanol–water partition coefficient (Wildman–Crippen LogP) is 3.51. The fourth-order valence-electron chi connectivity index (χ4n) is 6.89. The van der Waals surface area contributed by atoms with E-state index in [2.05, 4.69) is 5.32 Å². The van der Waals surface area contributed by atoms with Crippen LogP contribution in [0.4, 0.5) is 0 Å². The molecule has 1 saturated heterocycles. The number of benzene rings is 1. The Morgan fingerprint density at radius 3 is 2.70 bits per heavy atom. The van der Waals surface area contributed by atoms with Crippen LogP contribution in [0, 0.1) is 11.3 Å². The minimum absolute atomic E-state index is 0.0199. The molecule has 0 unspecified atom stereocenters. The Balaban J connectivity index is 1.32. The highest BCUT2D eigenvalue weighted by Crippen LogP contribution is 2.52. The van der Waals surface area contributed by atoms with Crippen molar-refractivity contribution in [2.45, 2.75) is 70.6 Å². The quantitative estimate of drug-likeness (QED) is 0.597. The van der Waals surface area contributed by atoms with Crippen LogP contribution < -0.4 is 14.8 Å². The van der Waals surface area contributed by atoms with E-state index in [-0.39, 0.29) is 30.2 Å². The Morgan fingerprint density at radius 2 is 1.88 bits per heavy atom.